The summed E-state index contributed by atoms with van der Waals surface area (Å²) in [4.78, 5) is 37.6. The van der Waals surface area contributed by atoms with Crippen LogP contribution >= 0.6 is 23.1 Å². The molecule has 0 aliphatic rings. The third kappa shape index (κ3) is 3.12. The lowest BCUT2D eigenvalue weighted by Crippen LogP contribution is -2.33. The largest absolute Gasteiger partial charge is 0.477 e. The molecule has 0 aliphatic heterocycles. The molecule has 7 nitrogen and oxygen atoms in total. The van der Waals surface area contributed by atoms with Crippen LogP contribution in [0.15, 0.2) is 26.9 Å². The first-order valence-electron chi connectivity index (χ1n) is 5.09. The number of carbonyl (C=O) groups is 1. The van der Waals surface area contributed by atoms with Crippen molar-refractivity contribution in [3.05, 3.63) is 42.6 Å². The van der Waals surface area contributed by atoms with Crippen LogP contribution in [0.5, 0.6) is 0 Å². The number of hydrogen-bond donors (Lipinski definition) is 2. The number of H-pyrrole nitrogens is 1. The number of thioether (sulfide) groups is 1. The lowest BCUT2D eigenvalue weighted by atomic mass is 10.4. The SMILES string of the molecule is Cn1[nH]c(=O)c(=O)nc1SCc1ccc(C(=O)O)s1. The van der Waals surface area contributed by atoms with Crippen LogP contribution in [-0.4, -0.2) is 25.8 Å². The normalized spacial score (nSPS) is 10.6. The highest BCUT2D eigenvalue weighted by Gasteiger charge is 2.09. The zero-order valence-corrected chi connectivity index (χ0v) is 11.4. The monoisotopic (exact) mass is 299 g/mol. The number of carboxylic acids is 1. The number of aromatic carboxylic acids is 1. The van der Waals surface area contributed by atoms with E-state index in [0.29, 0.717) is 10.9 Å². The van der Waals surface area contributed by atoms with Crippen molar-refractivity contribution in [2.75, 3.05) is 0 Å². The zero-order chi connectivity index (χ0) is 14.0. The molecule has 0 atom stereocenters. The lowest BCUT2D eigenvalue weighted by molar-refractivity contribution is 0.0702. The molecule has 0 amide bonds. The van der Waals surface area contributed by atoms with Gasteiger partial charge in [-0.05, 0) is 12.1 Å². The van der Waals surface area contributed by atoms with Gasteiger partial charge in [0.25, 0.3) is 0 Å². The third-order valence-electron chi connectivity index (χ3n) is 2.16. The minimum absolute atomic E-state index is 0.263. The summed E-state index contributed by atoms with van der Waals surface area (Å²) in [7, 11) is 1.58. The summed E-state index contributed by atoms with van der Waals surface area (Å²) in [6, 6.07) is 3.24. The van der Waals surface area contributed by atoms with Gasteiger partial charge >= 0.3 is 17.1 Å². The Hall–Kier alpha value is -1.87. The Morgan fingerprint density at radius 2 is 2.26 bits per heavy atom. The maximum absolute atomic E-state index is 11.1. The summed E-state index contributed by atoms with van der Waals surface area (Å²) in [6.07, 6.45) is 0. The summed E-state index contributed by atoms with van der Waals surface area (Å²) in [5.74, 6) is -0.486. The predicted molar refractivity (Wildman–Crippen MR) is 70.9 cm³/mol. The van der Waals surface area contributed by atoms with Crippen molar-refractivity contribution in [3.8, 4) is 0 Å². The smallest absolute Gasteiger partial charge is 0.345 e. The quantitative estimate of drug-likeness (QED) is 0.630. The maximum atomic E-state index is 11.1. The molecule has 0 aliphatic carbocycles. The summed E-state index contributed by atoms with van der Waals surface area (Å²) >= 11 is 2.41. The van der Waals surface area contributed by atoms with Gasteiger partial charge in [0.1, 0.15) is 4.88 Å². The molecule has 0 saturated carbocycles. The van der Waals surface area contributed by atoms with E-state index in [1.54, 1.807) is 13.1 Å². The van der Waals surface area contributed by atoms with E-state index >= 15 is 0 Å². The number of hydrogen-bond acceptors (Lipinski definition) is 6. The minimum atomic E-state index is -0.962. The average Bonchev–Trinajstić information content (AvgIpc) is 2.81. The van der Waals surface area contributed by atoms with Crippen molar-refractivity contribution in [2.45, 2.75) is 10.9 Å². The Morgan fingerprint density at radius 1 is 1.53 bits per heavy atom. The molecule has 0 aromatic carbocycles. The van der Waals surface area contributed by atoms with Crippen LogP contribution < -0.4 is 11.1 Å². The standard InChI is InChI=1S/C10H9N3O4S2/c1-13-10(11-7(14)8(15)12-13)18-4-5-2-3-6(19-5)9(16)17/h2-3H,4H2,1H3,(H,12,15)(H,16,17). The highest BCUT2D eigenvalue weighted by Crippen LogP contribution is 2.24. The van der Waals surface area contributed by atoms with Crippen LogP contribution in [0.4, 0.5) is 0 Å². The van der Waals surface area contributed by atoms with Gasteiger partial charge in [-0.1, -0.05) is 11.8 Å². The molecule has 19 heavy (non-hydrogen) atoms. The van der Waals surface area contributed by atoms with E-state index in [0.717, 1.165) is 4.88 Å². The highest BCUT2D eigenvalue weighted by molar-refractivity contribution is 7.98. The first-order chi connectivity index (χ1) is 8.97. The summed E-state index contributed by atoms with van der Waals surface area (Å²) < 4.78 is 1.36. The van der Waals surface area contributed by atoms with Crippen molar-refractivity contribution in [2.24, 2.45) is 7.05 Å². The Bertz CT molecular complexity index is 731. The van der Waals surface area contributed by atoms with Gasteiger partial charge in [0.15, 0.2) is 5.16 Å². The van der Waals surface area contributed by atoms with Gasteiger partial charge in [0.2, 0.25) is 0 Å². The molecular formula is C10H9N3O4S2. The molecule has 0 unspecified atom stereocenters. The number of aryl methyl sites for hydroxylation is 1. The molecular weight excluding hydrogens is 290 g/mol. The molecule has 0 bridgehead atoms. The average molecular weight is 299 g/mol. The number of rotatable bonds is 4. The van der Waals surface area contributed by atoms with Gasteiger partial charge in [-0.25, -0.2) is 4.79 Å². The van der Waals surface area contributed by atoms with Gasteiger partial charge < -0.3 is 5.11 Å². The Balaban J connectivity index is 2.14. The maximum Gasteiger partial charge on any atom is 0.345 e. The molecule has 0 radical (unpaired) electrons. The molecule has 0 saturated heterocycles. The van der Waals surface area contributed by atoms with Gasteiger partial charge in [-0.15, -0.1) is 11.3 Å². The fraction of sp³-hybridized carbons (Fsp3) is 0.200. The van der Waals surface area contributed by atoms with Gasteiger partial charge in [0, 0.05) is 17.7 Å². The fourth-order valence-corrected chi connectivity index (χ4v) is 3.10. The van der Waals surface area contributed by atoms with Crippen LogP contribution in [-0.2, 0) is 12.8 Å². The molecule has 100 valence electrons. The predicted octanol–water partition coefficient (Wildman–Crippen LogP) is 0.521. The number of thiophene rings is 1. The topological polar surface area (TPSA) is 105 Å². The Kier molecular flexibility index (Phi) is 3.86. The second-order valence-corrected chi connectivity index (χ2v) is 5.67. The second kappa shape index (κ2) is 5.41. The van der Waals surface area contributed by atoms with Crippen LogP contribution in [0.3, 0.4) is 0 Å². The van der Waals surface area contributed by atoms with E-state index in [9.17, 15) is 14.4 Å². The van der Waals surface area contributed by atoms with Crippen molar-refractivity contribution in [3.63, 3.8) is 0 Å². The van der Waals surface area contributed by atoms with Crippen LogP contribution in [0.25, 0.3) is 0 Å². The molecule has 2 N–H and O–H groups in total. The lowest BCUT2D eigenvalue weighted by Gasteiger charge is -2.04. The van der Waals surface area contributed by atoms with Crippen molar-refractivity contribution in [1.82, 2.24) is 14.8 Å². The highest BCUT2D eigenvalue weighted by atomic mass is 32.2. The first kappa shape index (κ1) is 13.6. The van der Waals surface area contributed by atoms with Crippen molar-refractivity contribution < 1.29 is 9.90 Å². The molecule has 2 heterocycles. The van der Waals surface area contributed by atoms with Crippen molar-refractivity contribution in [1.29, 1.82) is 0 Å². The molecule has 2 rings (SSSR count). The molecule has 0 fully saturated rings. The van der Waals surface area contributed by atoms with E-state index in [4.69, 9.17) is 5.11 Å². The van der Waals surface area contributed by atoms with Gasteiger partial charge in [0.05, 0.1) is 0 Å². The van der Waals surface area contributed by atoms with E-state index in [2.05, 4.69) is 10.1 Å². The number of carboxylic acid groups (broad SMARTS) is 1. The molecule has 2 aromatic rings. The minimum Gasteiger partial charge on any atom is -0.477 e. The Morgan fingerprint density at radius 3 is 2.89 bits per heavy atom. The molecule has 9 heteroatoms. The van der Waals surface area contributed by atoms with Crippen LogP contribution in [0.2, 0.25) is 0 Å². The summed E-state index contributed by atoms with van der Waals surface area (Å²) in [6.45, 7) is 0. The van der Waals surface area contributed by atoms with E-state index in [1.807, 2.05) is 0 Å². The van der Waals surface area contributed by atoms with E-state index in [-0.39, 0.29) is 4.88 Å². The number of aromatic amines is 1. The van der Waals surface area contributed by atoms with Crippen molar-refractivity contribution >= 4 is 29.1 Å². The summed E-state index contributed by atoms with van der Waals surface area (Å²) in [5.41, 5.74) is -1.60. The second-order valence-electron chi connectivity index (χ2n) is 3.56. The van der Waals surface area contributed by atoms with E-state index < -0.39 is 17.1 Å². The third-order valence-corrected chi connectivity index (χ3v) is 4.50. The fourth-order valence-electron chi connectivity index (χ4n) is 1.30. The molecule has 0 spiro atoms. The van der Waals surface area contributed by atoms with Gasteiger partial charge in [-0.2, -0.15) is 4.98 Å². The number of nitrogens with one attached hydrogen (secondary N) is 1. The van der Waals surface area contributed by atoms with Crippen LogP contribution in [0.1, 0.15) is 14.5 Å². The zero-order valence-electron chi connectivity index (χ0n) is 9.74. The first-order valence-corrected chi connectivity index (χ1v) is 6.89. The number of aromatic nitrogens is 3. The number of nitrogens with zero attached hydrogens (tertiary/aromatic N) is 2. The van der Waals surface area contributed by atoms with Crippen LogP contribution in [0, 0.1) is 0 Å². The molecule has 2 aromatic heterocycles. The Labute approximate surface area is 114 Å². The van der Waals surface area contributed by atoms with Gasteiger partial charge in [-0.3, -0.25) is 19.4 Å². The summed E-state index contributed by atoms with van der Waals surface area (Å²) in [5, 5.41) is 11.5. The van der Waals surface area contributed by atoms with E-state index in [1.165, 1.54) is 33.8 Å².